The first-order chi connectivity index (χ1) is 16.6. The van der Waals surface area contributed by atoms with Gasteiger partial charge in [0.25, 0.3) is 0 Å². The molecule has 0 bridgehead atoms. The molecular formula is C25H41ClN4O4S. The molecule has 0 spiro atoms. The van der Waals surface area contributed by atoms with Gasteiger partial charge < -0.3 is 9.67 Å². The van der Waals surface area contributed by atoms with E-state index in [0.717, 1.165) is 44.3 Å². The summed E-state index contributed by atoms with van der Waals surface area (Å²) in [7, 11) is -3.61. The van der Waals surface area contributed by atoms with Crippen LogP contribution in [0.3, 0.4) is 0 Å². The first-order valence-electron chi connectivity index (χ1n) is 13.0. The molecule has 2 aromatic rings. The van der Waals surface area contributed by atoms with Gasteiger partial charge in [-0.25, -0.2) is 18.4 Å². The molecule has 8 nitrogen and oxygen atoms in total. The number of sulfone groups is 1. The Balaban J connectivity index is 1.68. The topological polar surface area (TPSA) is 115 Å². The Labute approximate surface area is 214 Å². The normalized spacial score (nSPS) is 12.1. The number of aliphatic carboxylic acids is 1. The van der Waals surface area contributed by atoms with Gasteiger partial charge in [0.05, 0.1) is 5.25 Å². The third-order valence-corrected chi connectivity index (χ3v) is 8.63. The molecule has 2 aromatic heterocycles. The average Bonchev–Trinajstić information content (AvgIpc) is 3.09. The summed E-state index contributed by atoms with van der Waals surface area (Å²) in [5.74, 6) is 0.0279. The number of fused-ring (bicyclic) bond motifs is 1. The van der Waals surface area contributed by atoms with Crippen molar-refractivity contribution in [1.82, 2.24) is 19.5 Å². The number of aryl methyl sites for hydroxylation is 2. The van der Waals surface area contributed by atoms with Crippen LogP contribution in [0.2, 0.25) is 5.28 Å². The monoisotopic (exact) mass is 528 g/mol. The number of imidazole rings is 1. The maximum atomic E-state index is 12.9. The van der Waals surface area contributed by atoms with E-state index in [1.54, 1.807) is 13.8 Å². The molecule has 2 heterocycles. The van der Waals surface area contributed by atoms with Gasteiger partial charge in [-0.3, -0.25) is 4.79 Å². The molecule has 0 radical (unpaired) electrons. The van der Waals surface area contributed by atoms with Crippen molar-refractivity contribution in [3.63, 3.8) is 0 Å². The predicted molar refractivity (Wildman–Crippen MR) is 140 cm³/mol. The first kappa shape index (κ1) is 29.5. The van der Waals surface area contributed by atoms with Crippen LogP contribution < -0.4 is 0 Å². The minimum atomic E-state index is -3.61. The van der Waals surface area contributed by atoms with Gasteiger partial charge in [-0.1, -0.05) is 70.6 Å². The van der Waals surface area contributed by atoms with Crippen molar-refractivity contribution < 1.29 is 18.3 Å². The standard InChI is InChI=1S/C25H41ClN4O4S/c1-19(2)35(33,34)24-22-23(28-25(26)29-24)27-20(3)30(22)18-16-14-12-10-8-6-4-5-7-9-11-13-15-17-21(31)32/h19H,4-18H2,1-3H3,(H,31,32). The van der Waals surface area contributed by atoms with Crippen molar-refractivity contribution in [1.29, 1.82) is 0 Å². The minimum absolute atomic E-state index is 0.0247. The number of unbranched alkanes of at least 4 members (excludes halogenated alkanes) is 12. The number of nitrogens with zero attached hydrogens (tertiary/aromatic N) is 4. The van der Waals surface area contributed by atoms with Crippen LogP contribution in [0.15, 0.2) is 5.03 Å². The molecule has 0 aliphatic carbocycles. The Morgan fingerprint density at radius 3 is 1.83 bits per heavy atom. The summed E-state index contributed by atoms with van der Waals surface area (Å²) in [4.78, 5) is 23.1. The number of halogens is 1. The van der Waals surface area contributed by atoms with Crippen LogP contribution in [-0.2, 0) is 21.2 Å². The Bertz CT molecular complexity index is 1050. The van der Waals surface area contributed by atoms with E-state index in [2.05, 4.69) is 15.0 Å². The molecule has 0 saturated carbocycles. The van der Waals surface area contributed by atoms with E-state index >= 15 is 0 Å². The third-order valence-electron chi connectivity index (χ3n) is 6.40. The summed E-state index contributed by atoms with van der Waals surface area (Å²) in [6.07, 6.45) is 15.1. The number of carboxylic acids is 1. The number of carbonyl (C=O) groups is 1. The zero-order valence-corrected chi connectivity index (χ0v) is 23.0. The van der Waals surface area contributed by atoms with Gasteiger partial charge in [0.2, 0.25) is 5.28 Å². The number of hydrogen-bond acceptors (Lipinski definition) is 6. The lowest BCUT2D eigenvalue weighted by Gasteiger charge is -2.12. The highest BCUT2D eigenvalue weighted by molar-refractivity contribution is 7.92. The molecule has 0 aromatic carbocycles. The van der Waals surface area contributed by atoms with Gasteiger partial charge in [-0.05, 0) is 45.2 Å². The second kappa shape index (κ2) is 14.7. The molecule has 0 saturated heterocycles. The van der Waals surface area contributed by atoms with Crippen LogP contribution in [0, 0.1) is 6.92 Å². The highest BCUT2D eigenvalue weighted by Crippen LogP contribution is 2.26. The van der Waals surface area contributed by atoms with Crippen molar-refractivity contribution in [3.05, 3.63) is 11.1 Å². The van der Waals surface area contributed by atoms with Gasteiger partial charge in [0.1, 0.15) is 11.3 Å². The zero-order valence-electron chi connectivity index (χ0n) is 21.4. The van der Waals surface area contributed by atoms with Crippen LogP contribution >= 0.6 is 11.6 Å². The van der Waals surface area contributed by atoms with Crippen molar-refractivity contribution >= 4 is 38.6 Å². The van der Waals surface area contributed by atoms with Crippen LogP contribution in [0.4, 0.5) is 0 Å². The van der Waals surface area contributed by atoms with Gasteiger partial charge in [-0.15, -0.1) is 0 Å². The maximum Gasteiger partial charge on any atom is 0.303 e. The van der Waals surface area contributed by atoms with Gasteiger partial charge >= 0.3 is 5.97 Å². The van der Waals surface area contributed by atoms with Crippen molar-refractivity contribution in [2.75, 3.05) is 0 Å². The molecule has 0 atom stereocenters. The molecule has 10 heteroatoms. The van der Waals surface area contributed by atoms with E-state index in [1.165, 1.54) is 44.9 Å². The minimum Gasteiger partial charge on any atom is -0.481 e. The summed E-state index contributed by atoms with van der Waals surface area (Å²) < 4.78 is 27.7. The van der Waals surface area contributed by atoms with Crippen LogP contribution in [0.1, 0.15) is 110 Å². The Morgan fingerprint density at radius 2 is 1.34 bits per heavy atom. The zero-order chi connectivity index (χ0) is 25.8. The lowest BCUT2D eigenvalue weighted by atomic mass is 10.0. The highest BCUT2D eigenvalue weighted by Gasteiger charge is 2.28. The SMILES string of the molecule is Cc1nc2nc(Cl)nc(S(=O)(=O)C(C)C)c2n1CCCCCCCCCCCCCCCC(=O)O. The van der Waals surface area contributed by atoms with E-state index in [0.29, 0.717) is 24.1 Å². The van der Waals surface area contributed by atoms with Crippen molar-refractivity contribution in [3.8, 4) is 0 Å². The lowest BCUT2D eigenvalue weighted by molar-refractivity contribution is -0.137. The Kier molecular flexibility index (Phi) is 12.4. The molecule has 0 fully saturated rings. The molecule has 0 amide bonds. The van der Waals surface area contributed by atoms with Crippen molar-refractivity contribution in [2.24, 2.45) is 0 Å². The van der Waals surface area contributed by atoms with Gasteiger partial charge in [0, 0.05) is 13.0 Å². The number of rotatable bonds is 18. The van der Waals surface area contributed by atoms with E-state index < -0.39 is 21.1 Å². The lowest BCUT2D eigenvalue weighted by Crippen LogP contribution is -2.18. The largest absolute Gasteiger partial charge is 0.481 e. The quantitative estimate of drug-likeness (QED) is 0.133. The van der Waals surface area contributed by atoms with E-state index in [4.69, 9.17) is 16.7 Å². The summed E-state index contributed by atoms with van der Waals surface area (Å²) in [5.41, 5.74) is 0.796. The molecule has 0 unspecified atom stereocenters. The maximum absolute atomic E-state index is 12.9. The average molecular weight is 529 g/mol. The Hall–Kier alpha value is -1.74. The molecule has 0 aliphatic rings. The molecular weight excluding hydrogens is 488 g/mol. The van der Waals surface area contributed by atoms with Crippen molar-refractivity contribution in [2.45, 2.75) is 127 Å². The summed E-state index contributed by atoms with van der Waals surface area (Å²) in [5, 5.41) is 7.89. The number of aromatic nitrogens is 4. The van der Waals surface area contributed by atoms with Gasteiger partial charge in [0.15, 0.2) is 20.5 Å². The summed E-state index contributed by atoms with van der Waals surface area (Å²) in [6.45, 7) is 5.81. The van der Waals surface area contributed by atoms with E-state index in [-0.39, 0.29) is 10.3 Å². The number of hydrogen-bond donors (Lipinski definition) is 1. The smallest absolute Gasteiger partial charge is 0.303 e. The second-order valence-corrected chi connectivity index (χ2v) is 12.4. The Morgan fingerprint density at radius 1 is 0.857 bits per heavy atom. The van der Waals surface area contributed by atoms with Gasteiger partial charge in [-0.2, -0.15) is 4.98 Å². The number of carboxylic acid groups (broad SMARTS) is 1. The summed E-state index contributed by atoms with van der Waals surface area (Å²) >= 11 is 5.99. The molecule has 198 valence electrons. The summed E-state index contributed by atoms with van der Waals surface area (Å²) in [6, 6.07) is 0. The molecule has 35 heavy (non-hydrogen) atoms. The molecule has 1 N–H and O–H groups in total. The molecule has 0 aliphatic heterocycles. The highest BCUT2D eigenvalue weighted by atomic mass is 35.5. The van der Waals surface area contributed by atoms with Crippen LogP contribution in [0.25, 0.3) is 11.2 Å². The van der Waals surface area contributed by atoms with E-state index in [1.807, 2.05) is 11.5 Å². The second-order valence-electron chi connectivity index (χ2n) is 9.61. The van der Waals surface area contributed by atoms with Crippen LogP contribution in [0.5, 0.6) is 0 Å². The first-order valence-corrected chi connectivity index (χ1v) is 14.9. The molecule has 2 rings (SSSR count). The fourth-order valence-corrected chi connectivity index (χ4v) is 5.62. The predicted octanol–water partition coefficient (Wildman–Crippen LogP) is 6.52. The van der Waals surface area contributed by atoms with Crippen LogP contribution in [-0.4, -0.2) is 44.3 Å². The fourth-order valence-electron chi connectivity index (χ4n) is 4.27. The fraction of sp³-hybridized carbons (Fsp3) is 0.760. The third kappa shape index (κ3) is 9.33. The van der Waals surface area contributed by atoms with E-state index in [9.17, 15) is 13.2 Å².